The van der Waals surface area contributed by atoms with Gasteiger partial charge in [0.2, 0.25) is 0 Å². The van der Waals surface area contributed by atoms with Crippen LogP contribution in [0.4, 0.5) is 0 Å². The molecule has 0 atom stereocenters. The molecule has 0 saturated heterocycles. The van der Waals surface area contributed by atoms with Crippen LogP contribution in [0.25, 0.3) is 0 Å². The van der Waals surface area contributed by atoms with Gasteiger partial charge < -0.3 is 14.2 Å². The smallest absolute Gasteiger partial charge is 0.277 e. The van der Waals surface area contributed by atoms with Crippen LogP contribution in [-0.4, -0.2) is 32.9 Å². The predicted octanol–water partition coefficient (Wildman–Crippen LogP) is 3.30. The highest BCUT2D eigenvalue weighted by Crippen LogP contribution is 2.35. The zero-order valence-corrected chi connectivity index (χ0v) is 15.8. The summed E-state index contributed by atoms with van der Waals surface area (Å²) in [5.41, 5.74) is 4.13. The minimum atomic E-state index is -0.348. The van der Waals surface area contributed by atoms with Crippen LogP contribution in [0, 0.1) is 6.92 Å². The quantitative estimate of drug-likeness (QED) is 0.565. The van der Waals surface area contributed by atoms with Gasteiger partial charge in [0.05, 0.1) is 24.9 Å². The van der Waals surface area contributed by atoms with Gasteiger partial charge in [-0.3, -0.25) is 4.79 Å². The zero-order valence-electron chi connectivity index (χ0n) is 14.2. The van der Waals surface area contributed by atoms with Gasteiger partial charge >= 0.3 is 0 Å². The number of ether oxygens (including phenoxy) is 3. The molecular weight excluding hydrogens is 388 g/mol. The molecular formula is C18H19BrN2O4. The maximum atomic E-state index is 11.8. The van der Waals surface area contributed by atoms with Crippen LogP contribution >= 0.6 is 15.9 Å². The second kappa shape index (κ2) is 9.08. The number of hydrazone groups is 1. The minimum absolute atomic E-state index is 0.113. The monoisotopic (exact) mass is 406 g/mol. The van der Waals surface area contributed by atoms with Crippen molar-refractivity contribution in [2.45, 2.75) is 6.92 Å². The molecule has 25 heavy (non-hydrogen) atoms. The first-order chi connectivity index (χ1) is 12.0. The third-order valence-corrected chi connectivity index (χ3v) is 3.90. The topological polar surface area (TPSA) is 69.2 Å². The molecule has 0 unspecified atom stereocenters. The van der Waals surface area contributed by atoms with Crippen LogP contribution in [0.1, 0.15) is 11.1 Å². The Morgan fingerprint density at radius 2 is 1.96 bits per heavy atom. The Labute approximate surface area is 154 Å². The lowest BCUT2D eigenvalue weighted by molar-refractivity contribution is -0.123. The standard InChI is InChI=1S/C18H19BrN2O4/c1-12-6-4-5-7-15(12)25-11-17(22)21-20-10-13-8-14(19)18(24-3)16(9-13)23-2/h4-10H,11H2,1-3H3,(H,21,22)/b20-10-. The first-order valence-electron chi connectivity index (χ1n) is 7.47. The van der Waals surface area contributed by atoms with Gasteiger partial charge in [-0.2, -0.15) is 5.10 Å². The third kappa shape index (κ3) is 5.22. The van der Waals surface area contributed by atoms with E-state index < -0.39 is 0 Å². The summed E-state index contributed by atoms with van der Waals surface area (Å²) in [6, 6.07) is 11.1. The Hall–Kier alpha value is -2.54. The summed E-state index contributed by atoms with van der Waals surface area (Å²) in [5.74, 6) is 1.48. The lowest BCUT2D eigenvalue weighted by Gasteiger charge is -2.10. The highest BCUT2D eigenvalue weighted by atomic mass is 79.9. The number of hydrogen-bond acceptors (Lipinski definition) is 5. The Morgan fingerprint density at radius 3 is 2.64 bits per heavy atom. The van der Waals surface area contributed by atoms with E-state index in [1.54, 1.807) is 26.4 Å². The first kappa shape index (κ1) is 18.8. The number of nitrogens with one attached hydrogen (secondary N) is 1. The number of methoxy groups -OCH3 is 2. The molecule has 2 rings (SSSR count). The van der Waals surface area contributed by atoms with Crippen molar-refractivity contribution in [3.05, 3.63) is 52.0 Å². The Morgan fingerprint density at radius 1 is 1.20 bits per heavy atom. The van der Waals surface area contributed by atoms with Crippen molar-refractivity contribution in [2.75, 3.05) is 20.8 Å². The summed E-state index contributed by atoms with van der Waals surface area (Å²) in [6.07, 6.45) is 1.51. The summed E-state index contributed by atoms with van der Waals surface area (Å²) in [5, 5.41) is 3.93. The van der Waals surface area contributed by atoms with E-state index in [4.69, 9.17) is 14.2 Å². The molecule has 0 aliphatic carbocycles. The molecule has 7 heteroatoms. The number of carbonyl (C=O) groups is 1. The van der Waals surface area contributed by atoms with Crippen LogP contribution in [0.15, 0.2) is 46.0 Å². The molecule has 6 nitrogen and oxygen atoms in total. The number of para-hydroxylation sites is 1. The number of amides is 1. The number of hydrogen-bond donors (Lipinski definition) is 1. The van der Waals surface area contributed by atoms with Gasteiger partial charge in [0.25, 0.3) is 5.91 Å². The Kier molecular flexibility index (Phi) is 6.82. The maximum absolute atomic E-state index is 11.8. The molecule has 2 aromatic carbocycles. The molecule has 1 N–H and O–H groups in total. The van der Waals surface area contributed by atoms with E-state index in [9.17, 15) is 4.79 Å². The van der Waals surface area contributed by atoms with E-state index in [-0.39, 0.29) is 12.5 Å². The number of rotatable bonds is 7. The van der Waals surface area contributed by atoms with Crippen LogP contribution < -0.4 is 19.6 Å². The van der Waals surface area contributed by atoms with Crippen LogP contribution in [0.2, 0.25) is 0 Å². The van der Waals surface area contributed by atoms with E-state index in [2.05, 4.69) is 26.5 Å². The molecule has 0 heterocycles. The number of aryl methyl sites for hydroxylation is 1. The highest BCUT2D eigenvalue weighted by Gasteiger charge is 2.09. The highest BCUT2D eigenvalue weighted by molar-refractivity contribution is 9.10. The molecule has 0 spiro atoms. The van der Waals surface area contributed by atoms with Gasteiger partial charge in [-0.25, -0.2) is 5.43 Å². The fourth-order valence-corrected chi connectivity index (χ4v) is 2.71. The number of benzene rings is 2. The maximum Gasteiger partial charge on any atom is 0.277 e. The van der Waals surface area contributed by atoms with E-state index in [1.807, 2.05) is 31.2 Å². The van der Waals surface area contributed by atoms with Crippen molar-refractivity contribution in [3.8, 4) is 17.2 Å². The van der Waals surface area contributed by atoms with Gasteiger partial charge in [-0.05, 0) is 52.2 Å². The van der Waals surface area contributed by atoms with E-state index >= 15 is 0 Å². The van der Waals surface area contributed by atoms with Gasteiger partial charge in [-0.1, -0.05) is 18.2 Å². The summed E-state index contributed by atoms with van der Waals surface area (Å²) < 4.78 is 16.7. The van der Waals surface area contributed by atoms with Crippen LogP contribution in [0.3, 0.4) is 0 Å². The Bertz CT molecular complexity index is 778. The molecule has 2 aromatic rings. The third-order valence-electron chi connectivity index (χ3n) is 3.31. The average Bonchev–Trinajstić information content (AvgIpc) is 2.60. The van der Waals surface area contributed by atoms with Gasteiger partial charge in [-0.15, -0.1) is 0 Å². The summed E-state index contributed by atoms with van der Waals surface area (Å²) in [7, 11) is 3.11. The summed E-state index contributed by atoms with van der Waals surface area (Å²) in [6.45, 7) is 1.80. The molecule has 0 aliphatic heterocycles. The second-order valence-electron chi connectivity index (χ2n) is 5.09. The lowest BCUT2D eigenvalue weighted by atomic mass is 10.2. The van der Waals surface area contributed by atoms with E-state index in [0.717, 1.165) is 15.6 Å². The van der Waals surface area contributed by atoms with Crippen molar-refractivity contribution >= 4 is 28.1 Å². The molecule has 0 radical (unpaired) electrons. The molecule has 0 saturated carbocycles. The van der Waals surface area contributed by atoms with Gasteiger partial charge in [0.15, 0.2) is 18.1 Å². The largest absolute Gasteiger partial charge is 0.493 e. The van der Waals surface area contributed by atoms with Crippen molar-refractivity contribution in [3.63, 3.8) is 0 Å². The fourth-order valence-electron chi connectivity index (χ4n) is 2.09. The fraction of sp³-hybridized carbons (Fsp3) is 0.222. The van der Waals surface area contributed by atoms with Gasteiger partial charge in [0.1, 0.15) is 5.75 Å². The molecule has 0 aliphatic rings. The molecule has 132 valence electrons. The Balaban J connectivity index is 1.93. The number of halogens is 1. The summed E-state index contributed by atoms with van der Waals surface area (Å²) >= 11 is 3.40. The van der Waals surface area contributed by atoms with E-state index in [0.29, 0.717) is 17.2 Å². The first-order valence-corrected chi connectivity index (χ1v) is 8.26. The summed E-state index contributed by atoms with van der Waals surface area (Å²) in [4.78, 5) is 11.8. The van der Waals surface area contributed by atoms with Gasteiger partial charge in [0, 0.05) is 0 Å². The van der Waals surface area contributed by atoms with Crippen molar-refractivity contribution < 1.29 is 19.0 Å². The molecule has 0 bridgehead atoms. The minimum Gasteiger partial charge on any atom is -0.493 e. The van der Waals surface area contributed by atoms with Crippen LogP contribution in [-0.2, 0) is 4.79 Å². The normalized spacial score (nSPS) is 10.6. The second-order valence-corrected chi connectivity index (χ2v) is 5.94. The molecule has 0 aromatic heterocycles. The average molecular weight is 407 g/mol. The number of carbonyl (C=O) groups excluding carboxylic acids is 1. The lowest BCUT2D eigenvalue weighted by Crippen LogP contribution is -2.24. The van der Waals surface area contributed by atoms with Crippen LogP contribution in [0.5, 0.6) is 17.2 Å². The van der Waals surface area contributed by atoms with E-state index in [1.165, 1.54) is 6.21 Å². The predicted molar refractivity (Wildman–Crippen MR) is 99.7 cm³/mol. The SMILES string of the molecule is COc1cc(/C=N\NC(=O)COc2ccccc2C)cc(Br)c1OC. The molecule has 1 amide bonds. The zero-order chi connectivity index (χ0) is 18.2. The number of nitrogens with zero attached hydrogens (tertiary/aromatic N) is 1. The van der Waals surface area contributed by atoms with Crippen molar-refractivity contribution in [2.24, 2.45) is 5.10 Å². The molecule has 0 fully saturated rings. The van der Waals surface area contributed by atoms with Crippen molar-refractivity contribution in [1.29, 1.82) is 0 Å². The van der Waals surface area contributed by atoms with Crippen molar-refractivity contribution in [1.82, 2.24) is 5.43 Å².